The maximum atomic E-state index is 5.34. The minimum Gasteiger partial charge on any atom is -0.355 e. The lowest BCUT2D eigenvalue weighted by molar-refractivity contribution is 0.704. The molecule has 7 rings (SSSR count). The number of hydrogen-bond acceptors (Lipinski definition) is 4. The van der Waals surface area contributed by atoms with Gasteiger partial charge in [0.15, 0.2) is 5.65 Å². The van der Waals surface area contributed by atoms with Crippen molar-refractivity contribution in [3.8, 4) is 0 Å². The molecule has 0 saturated carbocycles. The van der Waals surface area contributed by atoms with E-state index < -0.39 is 0 Å². The van der Waals surface area contributed by atoms with E-state index in [2.05, 4.69) is 78.1 Å². The van der Waals surface area contributed by atoms with Crippen LogP contribution in [-0.4, -0.2) is 20.5 Å². The fourth-order valence-electron chi connectivity index (χ4n) is 5.35. The largest absolute Gasteiger partial charge is 0.355 e. The van der Waals surface area contributed by atoms with Gasteiger partial charge in [0.05, 0.1) is 40.9 Å². The van der Waals surface area contributed by atoms with Gasteiger partial charge in [-0.1, -0.05) is 91.0 Å². The molecule has 39 heavy (non-hydrogen) atoms. The smallest absolute Gasteiger partial charge is 0.160 e. The van der Waals surface area contributed by atoms with E-state index in [1.807, 2.05) is 53.3 Å². The maximum absolute atomic E-state index is 5.34. The molecule has 1 aliphatic rings. The van der Waals surface area contributed by atoms with Gasteiger partial charge < -0.3 is 5.32 Å². The third-order valence-electron chi connectivity index (χ3n) is 7.24. The van der Waals surface area contributed by atoms with Crippen molar-refractivity contribution in [3.63, 3.8) is 0 Å². The summed E-state index contributed by atoms with van der Waals surface area (Å²) in [5.74, 6) is 0. The molecule has 0 unspecified atom stereocenters. The molecule has 6 aromatic rings. The van der Waals surface area contributed by atoms with Crippen molar-refractivity contribution in [2.75, 3.05) is 5.32 Å². The predicted octanol–water partition coefficient (Wildman–Crippen LogP) is 7.49. The topological polar surface area (TPSA) is 55.1 Å². The van der Waals surface area contributed by atoms with Crippen molar-refractivity contribution in [2.45, 2.75) is 19.4 Å². The number of aliphatic imine (C=N–C) groups is 1. The van der Waals surface area contributed by atoms with E-state index in [0.29, 0.717) is 6.54 Å². The van der Waals surface area contributed by atoms with E-state index in [1.54, 1.807) is 0 Å². The number of nitrogens with zero attached hydrogens (tertiary/aromatic N) is 4. The zero-order valence-electron chi connectivity index (χ0n) is 21.5. The second-order valence-corrected chi connectivity index (χ2v) is 9.78. The lowest BCUT2D eigenvalue weighted by Gasteiger charge is -2.17. The first-order valence-electron chi connectivity index (χ1n) is 13.3. The first-order chi connectivity index (χ1) is 19.3. The summed E-state index contributed by atoms with van der Waals surface area (Å²) in [5.41, 5.74) is 10.4. The van der Waals surface area contributed by atoms with Gasteiger partial charge in [0.25, 0.3) is 0 Å². The summed E-state index contributed by atoms with van der Waals surface area (Å²) < 4.78 is 2.00. The summed E-state index contributed by atoms with van der Waals surface area (Å²) in [7, 11) is 0. The Morgan fingerprint density at radius 3 is 2.23 bits per heavy atom. The van der Waals surface area contributed by atoms with Gasteiger partial charge in [-0.05, 0) is 48.2 Å². The molecule has 0 atom stereocenters. The van der Waals surface area contributed by atoms with Crippen LogP contribution in [0.4, 0.5) is 17.1 Å². The van der Waals surface area contributed by atoms with Gasteiger partial charge in [-0.25, -0.2) is 14.7 Å². The minimum atomic E-state index is 0.642. The molecule has 1 N–H and O–H groups in total. The van der Waals surface area contributed by atoms with Crippen molar-refractivity contribution in [1.29, 1.82) is 0 Å². The van der Waals surface area contributed by atoms with Crippen molar-refractivity contribution in [2.24, 2.45) is 4.99 Å². The highest BCUT2D eigenvalue weighted by Crippen LogP contribution is 2.36. The predicted molar refractivity (Wildman–Crippen MR) is 158 cm³/mol. The highest BCUT2D eigenvalue weighted by molar-refractivity contribution is 6.17. The Hall–Kier alpha value is -5.03. The van der Waals surface area contributed by atoms with E-state index >= 15 is 0 Å². The summed E-state index contributed by atoms with van der Waals surface area (Å²) in [5, 5.41) is 9.57. The lowest BCUT2D eigenvalue weighted by Crippen LogP contribution is -2.12. The molecule has 5 nitrogen and oxygen atoms in total. The Morgan fingerprint density at radius 2 is 1.44 bits per heavy atom. The van der Waals surface area contributed by atoms with Crippen LogP contribution in [-0.2, 0) is 19.4 Å². The number of anilines is 2. The molecular formula is C34H27N5. The lowest BCUT2D eigenvalue weighted by atomic mass is 10.0. The van der Waals surface area contributed by atoms with E-state index in [4.69, 9.17) is 15.1 Å². The summed E-state index contributed by atoms with van der Waals surface area (Å²) in [6, 6.07) is 39.5. The number of para-hydroxylation sites is 2. The molecule has 1 aliphatic carbocycles. The maximum Gasteiger partial charge on any atom is 0.160 e. The molecular weight excluding hydrogens is 478 g/mol. The van der Waals surface area contributed by atoms with Crippen molar-refractivity contribution >= 4 is 33.8 Å². The van der Waals surface area contributed by atoms with Crippen LogP contribution in [0.3, 0.4) is 0 Å². The molecule has 5 heteroatoms. The van der Waals surface area contributed by atoms with Gasteiger partial charge in [-0.3, -0.25) is 0 Å². The standard InChI is InChI=1S/C34H27N5/c1-4-12-24(13-5-1)23-39-34-30(22-35-39)31(36-26-15-6-2-7-16-26)29-21-20-25-14-10-11-19-28(25)32(33(29)38-34)37-27-17-8-3-9-18-27/h1-19,22H,20-21,23H2,(H,36,38). The normalized spacial score (nSPS) is 13.6. The Bertz CT molecular complexity index is 1790. The number of hydrogen-bond donors (Lipinski definition) is 1. The number of aromatic nitrogens is 3. The third kappa shape index (κ3) is 4.48. The molecule has 0 fully saturated rings. The Kier molecular flexibility index (Phi) is 5.94. The summed E-state index contributed by atoms with van der Waals surface area (Å²) in [6.45, 7) is 0.642. The quantitative estimate of drug-likeness (QED) is 0.264. The van der Waals surface area contributed by atoms with Crippen LogP contribution in [0.1, 0.15) is 27.9 Å². The van der Waals surface area contributed by atoms with E-state index in [9.17, 15) is 0 Å². The van der Waals surface area contributed by atoms with Crippen molar-refractivity contribution in [1.82, 2.24) is 14.8 Å². The van der Waals surface area contributed by atoms with E-state index in [0.717, 1.165) is 63.5 Å². The first kappa shape index (κ1) is 23.1. The van der Waals surface area contributed by atoms with Gasteiger partial charge in [0.2, 0.25) is 0 Å². The SMILES string of the molecule is c1ccc(Cn2ncc3c(Nc4ccccc4)c4c(nc32)C(=Nc2ccccc2)c2ccccc2CC4)cc1. The molecule has 188 valence electrons. The number of aryl methyl sites for hydroxylation is 1. The Balaban J connectivity index is 1.49. The van der Waals surface area contributed by atoms with Crippen LogP contribution in [0, 0.1) is 0 Å². The van der Waals surface area contributed by atoms with Crippen LogP contribution in [0.15, 0.2) is 126 Å². The molecule has 0 amide bonds. The minimum absolute atomic E-state index is 0.642. The average Bonchev–Trinajstić information content (AvgIpc) is 3.32. The zero-order chi connectivity index (χ0) is 26.0. The third-order valence-corrected chi connectivity index (χ3v) is 7.24. The van der Waals surface area contributed by atoms with Crippen LogP contribution in [0.2, 0.25) is 0 Å². The molecule has 2 aromatic heterocycles. The molecule has 0 saturated heterocycles. The molecule has 4 aromatic carbocycles. The van der Waals surface area contributed by atoms with Crippen LogP contribution >= 0.6 is 0 Å². The average molecular weight is 506 g/mol. The fourth-order valence-corrected chi connectivity index (χ4v) is 5.35. The first-order valence-corrected chi connectivity index (χ1v) is 13.3. The highest BCUT2D eigenvalue weighted by Gasteiger charge is 2.26. The number of nitrogens with one attached hydrogen (secondary N) is 1. The second-order valence-electron chi connectivity index (χ2n) is 9.78. The van der Waals surface area contributed by atoms with Gasteiger partial charge in [0, 0.05) is 16.8 Å². The van der Waals surface area contributed by atoms with E-state index in [1.165, 1.54) is 11.1 Å². The van der Waals surface area contributed by atoms with E-state index in [-0.39, 0.29) is 0 Å². The molecule has 0 radical (unpaired) electrons. The van der Waals surface area contributed by atoms with Crippen molar-refractivity contribution in [3.05, 3.63) is 149 Å². The molecule has 0 spiro atoms. The van der Waals surface area contributed by atoms with Crippen LogP contribution in [0.25, 0.3) is 11.0 Å². The Morgan fingerprint density at radius 1 is 0.744 bits per heavy atom. The number of fused-ring (bicyclic) bond motifs is 3. The van der Waals surface area contributed by atoms with Gasteiger partial charge in [0.1, 0.15) is 0 Å². The summed E-state index contributed by atoms with van der Waals surface area (Å²) in [6.07, 6.45) is 3.71. The molecule has 0 bridgehead atoms. The van der Waals surface area contributed by atoms with Crippen LogP contribution in [0.5, 0.6) is 0 Å². The summed E-state index contributed by atoms with van der Waals surface area (Å²) >= 11 is 0. The highest BCUT2D eigenvalue weighted by atomic mass is 15.3. The van der Waals surface area contributed by atoms with Crippen LogP contribution < -0.4 is 5.32 Å². The monoisotopic (exact) mass is 505 g/mol. The number of pyridine rings is 1. The van der Waals surface area contributed by atoms with Gasteiger partial charge in [-0.2, -0.15) is 5.10 Å². The zero-order valence-corrected chi connectivity index (χ0v) is 21.5. The molecule has 2 heterocycles. The fraction of sp³-hybridized carbons (Fsp3) is 0.0882. The Labute approximate surface area is 227 Å². The van der Waals surface area contributed by atoms with Crippen molar-refractivity contribution < 1.29 is 0 Å². The number of rotatable bonds is 5. The second kappa shape index (κ2) is 10.0. The van der Waals surface area contributed by atoms with Gasteiger partial charge >= 0.3 is 0 Å². The molecule has 0 aliphatic heterocycles. The van der Waals surface area contributed by atoms with Gasteiger partial charge in [-0.15, -0.1) is 0 Å². The number of benzene rings is 4. The summed E-state index contributed by atoms with van der Waals surface area (Å²) in [4.78, 5) is 10.6.